The highest BCUT2D eigenvalue weighted by Gasteiger charge is 2.45. The SMILES string of the molecule is CC(=NC[C@H]1CCCO1)C1C(=O)NC(=O)N(C2CCCCC2)C1=O. The van der Waals surface area contributed by atoms with Crippen LogP contribution in [0.1, 0.15) is 51.9 Å². The molecule has 1 saturated carbocycles. The molecule has 7 heteroatoms. The van der Waals surface area contributed by atoms with E-state index in [1.165, 1.54) is 4.90 Å². The first-order valence-electron chi connectivity index (χ1n) is 8.88. The van der Waals surface area contributed by atoms with Crippen molar-refractivity contribution in [2.75, 3.05) is 13.2 Å². The minimum atomic E-state index is -0.994. The fourth-order valence-electron chi connectivity index (χ4n) is 3.77. The molecule has 0 spiro atoms. The van der Waals surface area contributed by atoms with Crippen molar-refractivity contribution in [3.05, 3.63) is 0 Å². The number of hydrogen-bond donors (Lipinski definition) is 1. The highest BCUT2D eigenvalue weighted by Crippen LogP contribution is 2.26. The van der Waals surface area contributed by atoms with Crippen molar-refractivity contribution in [2.45, 2.75) is 64.0 Å². The first kappa shape index (κ1) is 17.1. The Hall–Kier alpha value is -1.76. The summed E-state index contributed by atoms with van der Waals surface area (Å²) in [5, 5.41) is 2.33. The van der Waals surface area contributed by atoms with E-state index in [2.05, 4.69) is 10.3 Å². The van der Waals surface area contributed by atoms with Gasteiger partial charge < -0.3 is 4.74 Å². The van der Waals surface area contributed by atoms with Crippen molar-refractivity contribution < 1.29 is 19.1 Å². The van der Waals surface area contributed by atoms with Crippen molar-refractivity contribution >= 4 is 23.6 Å². The minimum absolute atomic E-state index is 0.0674. The first-order chi connectivity index (χ1) is 11.6. The molecule has 3 rings (SSSR count). The molecule has 4 amide bonds. The van der Waals surface area contributed by atoms with Crippen LogP contribution in [0, 0.1) is 5.92 Å². The second-order valence-electron chi connectivity index (χ2n) is 6.84. The van der Waals surface area contributed by atoms with E-state index in [1.54, 1.807) is 6.92 Å². The monoisotopic (exact) mass is 335 g/mol. The molecule has 3 fully saturated rings. The maximum Gasteiger partial charge on any atom is 0.331 e. The quantitative estimate of drug-likeness (QED) is 0.625. The average molecular weight is 335 g/mol. The molecule has 7 nitrogen and oxygen atoms in total. The molecule has 2 saturated heterocycles. The van der Waals surface area contributed by atoms with E-state index in [0.717, 1.165) is 51.6 Å². The fraction of sp³-hybridized carbons (Fsp3) is 0.765. The van der Waals surface area contributed by atoms with Crippen LogP contribution in [-0.2, 0) is 14.3 Å². The zero-order valence-corrected chi connectivity index (χ0v) is 14.1. The topological polar surface area (TPSA) is 88.1 Å². The number of carbonyl (C=O) groups excluding carboxylic acids is 3. The van der Waals surface area contributed by atoms with Gasteiger partial charge in [0.25, 0.3) is 0 Å². The fourth-order valence-corrected chi connectivity index (χ4v) is 3.77. The number of amides is 4. The lowest BCUT2D eigenvalue weighted by molar-refractivity contribution is -0.141. The summed E-state index contributed by atoms with van der Waals surface area (Å²) in [6, 6.07) is -0.687. The van der Waals surface area contributed by atoms with Crippen LogP contribution in [0.2, 0.25) is 0 Å². The van der Waals surface area contributed by atoms with Crippen LogP contribution >= 0.6 is 0 Å². The standard InChI is InChI=1S/C17H25N3O4/c1-11(18-10-13-8-5-9-24-13)14-15(21)19-17(23)20(16(14)22)12-6-3-2-4-7-12/h12-14H,2-10H2,1H3,(H,19,21,23)/t13-,14?/m1/s1. The van der Waals surface area contributed by atoms with Gasteiger partial charge in [-0.1, -0.05) is 19.3 Å². The van der Waals surface area contributed by atoms with Gasteiger partial charge in [0.15, 0.2) is 5.92 Å². The van der Waals surface area contributed by atoms with Crippen LogP contribution < -0.4 is 5.32 Å². The van der Waals surface area contributed by atoms with E-state index in [-0.39, 0.29) is 12.1 Å². The molecular formula is C17H25N3O4. The predicted octanol–water partition coefficient (Wildman–Crippen LogP) is 1.65. The van der Waals surface area contributed by atoms with Crippen LogP contribution in [0.4, 0.5) is 4.79 Å². The number of ether oxygens (including phenoxy) is 1. The van der Waals surface area contributed by atoms with Crippen LogP contribution in [0.15, 0.2) is 4.99 Å². The van der Waals surface area contributed by atoms with Gasteiger partial charge in [0, 0.05) is 18.4 Å². The smallest absolute Gasteiger partial charge is 0.331 e. The molecule has 2 atom stereocenters. The van der Waals surface area contributed by atoms with Gasteiger partial charge in [-0.2, -0.15) is 0 Å². The number of nitrogens with zero attached hydrogens (tertiary/aromatic N) is 2. The summed E-state index contributed by atoms with van der Waals surface area (Å²) in [5.41, 5.74) is 0.460. The normalized spacial score (nSPS) is 30.0. The molecule has 1 N–H and O–H groups in total. The van der Waals surface area contributed by atoms with Gasteiger partial charge in [0.1, 0.15) is 0 Å². The van der Waals surface area contributed by atoms with E-state index in [0.29, 0.717) is 12.3 Å². The van der Waals surface area contributed by atoms with Gasteiger partial charge in [-0.25, -0.2) is 4.79 Å². The third-order valence-corrected chi connectivity index (χ3v) is 5.12. The summed E-state index contributed by atoms with van der Waals surface area (Å²) in [5.74, 6) is -1.99. The van der Waals surface area contributed by atoms with E-state index in [4.69, 9.17) is 4.74 Å². The Labute approximate surface area is 141 Å². The average Bonchev–Trinajstić information content (AvgIpc) is 3.07. The lowest BCUT2D eigenvalue weighted by atomic mass is 9.91. The molecule has 2 aliphatic heterocycles. The molecule has 0 aromatic heterocycles. The van der Waals surface area contributed by atoms with Crippen molar-refractivity contribution in [3.63, 3.8) is 0 Å². The Morgan fingerprint density at radius 3 is 2.58 bits per heavy atom. The number of hydrogen-bond acceptors (Lipinski definition) is 5. The number of urea groups is 1. The summed E-state index contributed by atoms with van der Waals surface area (Å²) in [7, 11) is 0. The largest absolute Gasteiger partial charge is 0.376 e. The summed E-state index contributed by atoms with van der Waals surface area (Å²) in [6.45, 7) is 2.89. The lowest BCUT2D eigenvalue weighted by Gasteiger charge is -2.37. The van der Waals surface area contributed by atoms with Gasteiger partial charge >= 0.3 is 6.03 Å². The summed E-state index contributed by atoms with van der Waals surface area (Å²) >= 11 is 0. The van der Waals surface area contributed by atoms with Crippen molar-refractivity contribution in [1.82, 2.24) is 10.2 Å². The van der Waals surface area contributed by atoms with E-state index < -0.39 is 23.8 Å². The van der Waals surface area contributed by atoms with Gasteiger partial charge in [-0.15, -0.1) is 0 Å². The number of nitrogens with one attached hydrogen (secondary N) is 1. The maximum atomic E-state index is 12.8. The molecular weight excluding hydrogens is 310 g/mol. The predicted molar refractivity (Wildman–Crippen MR) is 87.7 cm³/mol. The van der Waals surface area contributed by atoms with Gasteiger partial charge in [0.05, 0.1) is 12.6 Å². The third-order valence-electron chi connectivity index (χ3n) is 5.12. The van der Waals surface area contributed by atoms with Gasteiger partial charge in [-0.05, 0) is 32.6 Å². The molecule has 1 aliphatic carbocycles. The highest BCUT2D eigenvalue weighted by molar-refractivity contribution is 6.27. The molecule has 0 aromatic carbocycles. The van der Waals surface area contributed by atoms with E-state index in [1.807, 2.05) is 0 Å². The van der Waals surface area contributed by atoms with Gasteiger partial charge in [0.2, 0.25) is 11.8 Å². The van der Waals surface area contributed by atoms with E-state index >= 15 is 0 Å². The number of carbonyl (C=O) groups is 3. The molecule has 24 heavy (non-hydrogen) atoms. The lowest BCUT2D eigenvalue weighted by Crippen LogP contribution is -2.62. The molecule has 1 unspecified atom stereocenters. The molecule has 0 aromatic rings. The molecule has 0 bridgehead atoms. The van der Waals surface area contributed by atoms with Gasteiger partial charge in [-0.3, -0.25) is 24.8 Å². The molecule has 3 aliphatic rings. The Morgan fingerprint density at radius 2 is 1.92 bits per heavy atom. The maximum absolute atomic E-state index is 12.8. The van der Waals surface area contributed by atoms with Crippen molar-refractivity contribution in [2.24, 2.45) is 10.9 Å². The van der Waals surface area contributed by atoms with E-state index in [9.17, 15) is 14.4 Å². The minimum Gasteiger partial charge on any atom is -0.376 e. The number of aliphatic imine (C=N–C) groups is 1. The first-order valence-corrected chi connectivity index (χ1v) is 8.88. The second-order valence-corrected chi connectivity index (χ2v) is 6.84. The number of rotatable bonds is 4. The summed E-state index contributed by atoms with van der Waals surface area (Å²) in [6.07, 6.45) is 6.81. The Balaban J connectivity index is 1.73. The summed E-state index contributed by atoms with van der Waals surface area (Å²) in [4.78, 5) is 42.8. The zero-order chi connectivity index (χ0) is 17.1. The second kappa shape index (κ2) is 7.42. The van der Waals surface area contributed by atoms with Crippen LogP contribution in [0.5, 0.6) is 0 Å². The third kappa shape index (κ3) is 3.50. The molecule has 2 heterocycles. The Morgan fingerprint density at radius 1 is 1.17 bits per heavy atom. The van der Waals surface area contributed by atoms with Crippen LogP contribution in [0.3, 0.4) is 0 Å². The molecule has 0 radical (unpaired) electrons. The molecule has 132 valence electrons. The van der Waals surface area contributed by atoms with Crippen molar-refractivity contribution in [3.8, 4) is 0 Å². The van der Waals surface area contributed by atoms with Crippen LogP contribution in [-0.4, -0.2) is 53.8 Å². The van der Waals surface area contributed by atoms with Crippen molar-refractivity contribution in [1.29, 1.82) is 0 Å². The number of barbiturate groups is 1. The summed E-state index contributed by atoms with van der Waals surface area (Å²) < 4.78 is 5.52. The Bertz CT molecular complexity index is 548. The Kier molecular flexibility index (Phi) is 5.28. The highest BCUT2D eigenvalue weighted by atomic mass is 16.5. The van der Waals surface area contributed by atoms with Crippen LogP contribution in [0.25, 0.3) is 0 Å². The zero-order valence-electron chi connectivity index (χ0n) is 14.1. The number of imide groups is 2.